The maximum Gasteiger partial charge on any atom is 0.226 e. The maximum absolute atomic E-state index is 11.7. The lowest BCUT2D eigenvalue weighted by Crippen LogP contribution is -2.38. The molecule has 4 nitrogen and oxygen atoms in total. The van der Waals surface area contributed by atoms with Crippen molar-refractivity contribution in [3.63, 3.8) is 0 Å². The molecule has 2 atom stereocenters. The highest BCUT2D eigenvalue weighted by Gasteiger charge is 2.22. The number of carbonyl (C=O) groups excluding carboxylic acids is 1. The minimum atomic E-state index is -0.0673. The zero-order valence-electron chi connectivity index (χ0n) is 9.44. The molecule has 0 aromatic carbocycles. The van der Waals surface area contributed by atoms with E-state index in [0.717, 1.165) is 26.2 Å². The third-order valence-corrected chi connectivity index (χ3v) is 2.71. The van der Waals surface area contributed by atoms with Gasteiger partial charge in [0.1, 0.15) is 0 Å². The molecule has 0 aromatic heterocycles. The van der Waals surface area contributed by atoms with Gasteiger partial charge in [-0.15, -0.1) is 12.4 Å². The predicted octanol–water partition coefficient (Wildman–Crippen LogP) is 0.498. The van der Waals surface area contributed by atoms with Crippen molar-refractivity contribution in [1.82, 2.24) is 4.90 Å². The van der Waals surface area contributed by atoms with Crippen LogP contribution in [0.3, 0.4) is 0 Å². The van der Waals surface area contributed by atoms with Crippen molar-refractivity contribution >= 4 is 18.3 Å². The summed E-state index contributed by atoms with van der Waals surface area (Å²) in [6.45, 7) is 4.70. The highest BCUT2D eigenvalue weighted by Crippen LogP contribution is 2.14. The van der Waals surface area contributed by atoms with Gasteiger partial charge in [-0.1, -0.05) is 6.92 Å². The van der Waals surface area contributed by atoms with Crippen LogP contribution in [0.4, 0.5) is 0 Å². The van der Waals surface area contributed by atoms with Crippen LogP contribution in [-0.2, 0) is 9.53 Å². The average molecular weight is 237 g/mol. The molecule has 0 bridgehead atoms. The first-order valence-electron chi connectivity index (χ1n) is 5.18. The van der Waals surface area contributed by atoms with Gasteiger partial charge >= 0.3 is 0 Å². The zero-order chi connectivity index (χ0) is 10.6. The van der Waals surface area contributed by atoms with Crippen LogP contribution in [0.1, 0.15) is 13.3 Å². The van der Waals surface area contributed by atoms with E-state index in [1.165, 1.54) is 0 Å². The van der Waals surface area contributed by atoms with E-state index < -0.39 is 0 Å². The van der Waals surface area contributed by atoms with E-state index in [2.05, 4.69) is 0 Å². The summed E-state index contributed by atoms with van der Waals surface area (Å²) in [5.41, 5.74) is 5.45. The summed E-state index contributed by atoms with van der Waals surface area (Å²) in [6, 6.07) is 0. The van der Waals surface area contributed by atoms with Crippen LogP contribution in [0.25, 0.3) is 0 Å². The molecule has 1 fully saturated rings. The van der Waals surface area contributed by atoms with Crippen LogP contribution in [0, 0.1) is 11.8 Å². The first-order valence-corrected chi connectivity index (χ1v) is 5.18. The van der Waals surface area contributed by atoms with E-state index in [9.17, 15) is 4.79 Å². The van der Waals surface area contributed by atoms with Crippen molar-refractivity contribution in [2.75, 3.05) is 33.4 Å². The first-order chi connectivity index (χ1) is 6.65. The molecule has 1 aliphatic heterocycles. The number of nitrogens with two attached hydrogens (primary N) is 1. The Morgan fingerprint density at radius 1 is 1.67 bits per heavy atom. The van der Waals surface area contributed by atoms with Crippen molar-refractivity contribution in [3.05, 3.63) is 0 Å². The highest BCUT2D eigenvalue weighted by atomic mass is 35.5. The number of halogens is 1. The normalized spacial score (nSPS) is 21.9. The smallest absolute Gasteiger partial charge is 0.226 e. The van der Waals surface area contributed by atoms with Gasteiger partial charge in [0.15, 0.2) is 0 Å². The molecule has 0 aromatic rings. The van der Waals surface area contributed by atoms with Gasteiger partial charge in [-0.2, -0.15) is 0 Å². The molecule has 0 aliphatic carbocycles. The zero-order valence-corrected chi connectivity index (χ0v) is 10.3. The van der Waals surface area contributed by atoms with Crippen molar-refractivity contribution < 1.29 is 9.53 Å². The molecular weight excluding hydrogens is 216 g/mol. The Hall–Kier alpha value is -0.320. The fourth-order valence-corrected chi connectivity index (χ4v) is 1.68. The van der Waals surface area contributed by atoms with E-state index in [1.54, 1.807) is 4.90 Å². The number of carbonyl (C=O) groups is 1. The molecule has 1 amide bonds. The second kappa shape index (κ2) is 7.04. The van der Waals surface area contributed by atoms with Gasteiger partial charge in [0, 0.05) is 38.6 Å². The van der Waals surface area contributed by atoms with E-state index in [-0.39, 0.29) is 24.2 Å². The molecule has 0 saturated carbocycles. The number of ether oxygens (including phenoxy) is 1. The van der Waals surface area contributed by atoms with Gasteiger partial charge in [0.05, 0.1) is 6.61 Å². The molecule has 2 unspecified atom stereocenters. The lowest BCUT2D eigenvalue weighted by molar-refractivity contribution is -0.133. The Labute approximate surface area is 97.5 Å². The van der Waals surface area contributed by atoms with Gasteiger partial charge in [0.25, 0.3) is 0 Å². The number of nitrogens with zero attached hydrogens (tertiary/aromatic N) is 1. The van der Waals surface area contributed by atoms with Crippen LogP contribution < -0.4 is 5.73 Å². The van der Waals surface area contributed by atoms with Crippen LogP contribution in [0.5, 0.6) is 0 Å². The molecule has 5 heteroatoms. The second-order valence-electron chi connectivity index (χ2n) is 4.09. The molecular formula is C10H21ClN2O2. The summed E-state index contributed by atoms with van der Waals surface area (Å²) in [5, 5.41) is 0. The summed E-state index contributed by atoms with van der Waals surface area (Å²) in [4.78, 5) is 13.4. The summed E-state index contributed by atoms with van der Waals surface area (Å²) < 4.78 is 5.26. The minimum absolute atomic E-state index is 0. The van der Waals surface area contributed by atoms with Gasteiger partial charge in [-0.3, -0.25) is 4.79 Å². The molecule has 1 saturated heterocycles. The van der Waals surface area contributed by atoms with Crippen molar-refractivity contribution in [2.45, 2.75) is 13.3 Å². The third kappa shape index (κ3) is 4.36. The number of rotatable bonds is 4. The largest absolute Gasteiger partial charge is 0.381 e. The summed E-state index contributed by atoms with van der Waals surface area (Å²) in [7, 11) is 1.84. The molecule has 0 radical (unpaired) electrons. The van der Waals surface area contributed by atoms with Crippen LogP contribution in [-0.4, -0.2) is 44.2 Å². The van der Waals surface area contributed by atoms with Gasteiger partial charge in [-0.25, -0.2) is 0 Å². The molecule has 2 N–H and O–H groups in total. The lowest BCUT2D eigenvalue weighted by atomic mass is 10.1. The molecule has 90 valence electrons. The molecule has 0 spiro atoms. The summed E-state index contributed by atoms with van der Waals surface area (Å²) >= 11 is 0. The monoisotopic (exact) mass is 236 g/mol. The second-order valence-corrected chi connectivity index (χ2v) is 4.09. The molecule has 1 aliphatic rings. The fraction of sp³-hybridized carbons (Fsp3) is 0.900. The minimum Gasteiger partial charge on any atom is -0.381 e. The third-order valence-electron chi connectivity index (χ3n) is 2.71. The SMILES string of the molecule is CC(CN)C(=O)N(C)CC1CCOC1.Cl. The predicted molar refractivity (Wildman–Crippen MR) is 62.0 cm³/mol. The highest BCUT2D eigenvalue weighted by molar-refractivity contribution is 5.85. The quantitative estimate of drug-likeness (QED) is 0.774. The average Bonchev–Trinajstić information content (AvgIpc) is 2.68. The lowest BCUT2D eigenvalue weighted by Gasteiger charge is -2.23. The summed E-state index contributed by atoms with van der Waals surface area (Å²) in [6.07, 6.45) is 1.06. The topological polar surface area (TPSA) is 55.6 Å². The molecule has 1 heterocycles. The Kier molecular flexibility index (Phi) is 6.89. The van der Waals surface area contributed by atoms with Crippen LogP contribution in [0.15, 0.2) is 0 Å². The van der Waals surface area contributed by atoms with E-state index in [1.807, 2.05) is 14.0 Å². The Bertz CT molecular complexity index is 196. The molecule has 1 rings (SSSR count). The molecule has 15 heavy (non-hydrogen) atoms. The fourth-order valence-electron chi connectivity index (χ4n) is 1.68. The number of amides is 1. The first kappa shape index (κ1) is 14.7. The van der Waals surface area contributed by atoms with Crippen molar-refractivity contribution in [1.29, 1.82) is 0 Å². The van der Waals surface area contributed by atoms with E-state index in [0.29, 0.717) is 12.5 Å². The number of hydrogen-bond donors (Lipinski definition) is 1. The Balaban J connectivity index is 0.00000196. The van der Waals surface area contributed by atoms with Gasteiger partial charge in [-0.05, 0) is 6.42 Å². The van der Waals surface area contributed by atoms with Gasteiger partial charge < -0.3 is 15.4 Å². The van der Waals surface area contributed by atoms with Gasteiger partial charge in [0.2, 0.25) is 5.91 Å². The van der Waals surface area contributed by atoms with Crippen LogP contribution in [0.2, 0.25) is 0 Å². The Morgan fingerprint density at radius 2 is 2.33 bits per heavy atom. The van der Waals surface area contributed by atoms with Crippen molar-refractivity contribution in [2.24, 2.45) is 17.6 Å². The number of hydrogen-bond acceptors (Lipinski definition) is 3. The maximum atomic E-state index is 11.7. The van der Waals surface area contributed by atoms with Crippen LogP contribution >= 0.6 is 12.4 Å². The summed E-state index contributed by atoms with van der Waals surface area (Å²) in [5.74, 6) is 0.579. The van der Waals surface area contributed by atoms with E-state index in [4.69, 9.17) is 10.5 Å². The Morgan fingerprint density at radius 3 is 2.80 bits per heavy atom. The van der Waals surface area contributed by atoms with E-state index >= 15 is 0 Å². The van der Waals surface area contributed by atoms with Crippen molar-refractivity contribution in [3.8, 4) is 0 Å². The standard InChI is InChI=1S/C10H20N2O2.ClH/c1-8(5-11)10(13)12(2)6-9-3-4-14-7-9;/h8-9H,3-7,11H2,1-2H3;1H.